The number of nitrogens with zero attached hydrogens (tertiary/aromatic N) is 2. The van der Waals surface area contributed by atoms with Crippen LogP contribution in [0.4, 0.5) is 11.4 Å². The minimum Gasteiger partial charge on any atom is -0.483 e. The maximum absolute atomic E-state index is 12.7. The van der Waals surface area contributed by atoms with E-state index in [2.05, 4.69) is 10.2 Å². The number of amides is 2. The van der Waals surface area contributed by atoms with Crippen LogP contribution >= 0.6 is 0 Å². The largest absolute Gasteiger partial charge is 0.483 e. The van der Waals surface area contributed by atoms with E-state index >= 15 is 0 Å². The quantitative estimate of drug-likeness (QED) is 0.572. The Morgan fingerprint density at radius 2 is 1.73 bits per heavy atom. The summed E-state index contributed by atoms with van der Waals surface area (Å²) in [5.74, 6) is 0.181. The first kappa shape index (κ1) is 22.6. The van der Waals surface area contributed by atoms with Gasteiger partial charge in [0.2, 0.25) is 5.91 Å². The number of nitrogens with one attached hydrogen (secondary N) is 1. The molecule has 0 spiro atoms. The third-order valence-corrected chi connectivity index (χ3v) is 5.70. The van der Waals surface area contributed by atoms with Crippen LogP contribution in [-0.4, -0.2) is 62.7 Å². The number of ether oxygens (including phenoxy) is 2. The number of benzene rings is 3. The van der Waals surface area contributed by atoms with Gasteiger partial charge in [-0.1, -0.05) is 36.4 Å². The molecule has 0 bridgehead atoms. The Kier molecular flexibility index (Phi) is 7.42. The van der Waals surface area contributed by atoms with Gasteiger partial charge in [0.1, 0.15) is 5.75 Å². The summed E-state index contributed by atoms with van der Waals surface area (Å²) in [6.45, 7) is 5.29. The lowest BCUT2D eigenvalue weighted by Crippen LogP contribution is -2.40. The molecule has 3 aromatic carbocycles. The molecule has 1 aliphatic heterocycles. The number of morpholine rings is 1. The Hall–Kier alpha value is -3.58. The summed E-state index contributed by atoms with van der Waals surface area (Å²) in [5.41, 5.74) is 1.81. The van der Waals surface area contributed by atoms with Gasteiger partial charge in [0.15, 0.2) is 6.61 Å². The highest BCUT2D eigenvalue weighted by molar-refractivity contribution is 5.95. The SMILES string of the molecule is CCN(CC(=O)Nc1ccc(N2CCOCC2)cc1)C(=O)COc1cccc2ccccc12. The van der Waals surface area contributed by atoms with Gasteiger partial charge in [-0.3, -0.25) is 9.59 Å². The maximum atomic E-state index is 12.7. The number of likely N-dealkylation sites (N-methyl/N-ethyl adjacent to an activating group) is 1. The number of carbonyl (C=O) groups is 2. The number of anilines is 2. The molecule has 1 saturated heterocycles. The molecule has 0 radical (unpaired) electrons. The van der Waals surface area contributed by atoms with Crippen LogP contribution in [0.1, 0.15) is 6.92 Å². The topological polar surface area (TPSA) is 71.1 Å². The lowest BCUT2D eigenvalue weighted by molar-refractivity contribution is -0.136. The Balaban J connectivity index is 1.30. The molecule has 0 unspecified atom stereocenters. The molecule has 1 N–H and O–H groups in total. The molecule has 4 rings (SSSR count). The summed E-state index contributed by atoms with van der Waals surface area (Å²) in [7, 11) is 0. The van der Waals surface area contributed by atoms with Gasteiger partial charge in [0.25, 0.3) is 5.91 Å². The minimum atomic E-state index is -0.241. The molecule has 2 amide bonds. The lowest BCUT2D eigenvalue weighted by atomic mass is 10.1. The lowest BCUT2D eigenvalue weighted by Gasteiger charge is -2.29. The van der Waals surface area contributed by atoms with Crippen molar-refractivity contribution in [1.82, 2.24) is 4.90 Å². The summed E-state index contributed by atoms with van der Waals surface area (Å²) in [6, 6.07) is 21.3. The van der Waals surface area contributed by atoms with Gasteiger partial charge in [-0.25, -0.2) is 0 Å². The van der Waals surface area contributed by atoms with Crippen molar-refractivity contribution in [3.05, 3.63) is 66.7 Å². The van der Waals surface area contributed by atoms with Crippen molar-refractivity contribution in [1.29, 1.82) is 0 Å². The number of carbonyl (C=O) groups excluding carboxylic acids is 2. The van der Waals surface area contributed by atoms with Crippen molar-refractivity contribution >= 4 is 34.0 Å². The monoisotopic (exact) mass is 447 g/mol. The maximum Gasteiger partial charge on any atom is 0.260 e. The first-order chi connectivity index (χ1) is 16.1. The molecule has 172 valence electrons. The second kappa shape index (κ2) is 10.8. The first-order valence-electron chi connectivity index (χ1n) is 11.2. The van der Waals surface area contributed by atoms with E-state index in [4.69, 9.17) is 9.47 Å². The average molecular weight is 448 g/mol. The third kappa shape index (κ3) is 5.81. The summed E-state index contributed by atoms with van der Waals surface area (Å²) >= 11 is 0. The van der Waals surface area contributed by atoms with Crippen LogP contribution in [0.5, 0.6) is 5.75 Å². The minimum absolute atomic E-state index is 0.0283. The smallest absolute Gasteiger partial charge is 0.260 e. The highest BCUT2D eigenvalue weighted by atomic mass is 16.5. The number of rotatable bonds is 8. The van der Waals surface area contributed by atoms with Crippen molar-refractivity contribution in [3.63, 3.8) is 0 Å². The Morgan fingerprint density at radius 1 is 1.00 bits per heavy atom. The van der Waals surface area contributed by atoms with Gasteiger partial charge in [0.05, 0.1) is 19.8 Å². The highest BCUT2D eigenvalue weighted by Crippen LogP contribution is 2.25. The summed E-state index contributed by atoms with van der Waals surface area (Å²) in [5, 5.41) is 4.88. The fourth-order valence-electron chi connectivity index (χ4n) is 3.88. The summed E-state index contributed by atoms with van der Waals surface area (Å²) in [6.07, 6.45) is 0. The fourth-order valence-corrected chi connectivity index (χ4v) is 3.88. The molecule has 0 aliphatic carbocycles. The van der Waals surface area contributed by atoms with E-state index in [1.807, 2.05) is 73.7 Å². The van der Waals surface area contributed by atoms with Gasteiger partial charge in [0, 0.05) is 36.4 Å². The zero-order valence-corrected chi connectivity index (χ0v) is 18.8. The van der Waals surface area contributed by atoms with Crippen LogP contribution in [-0.2, 0) is 14.3 Å². The van der Waals surface area contributed by atoms with E-state index in [0.717, 1.165) is 42.8 Å². The van der Waals surface area contributed by atoms with E-state index in [0.29, 0.717) is 18.0 Å². The van der Waals surface area contributed by atoms with Crippen LogP contribution in [0.3, 0.4) is 0 Å². The van der Waals surface area contributed by atoms with Crippen LogP contribution in [0.15, 0.2) is 66.7 Å². The zero-order chi connectivity index (χ0) is 23.0. The molecule has 3 aromatic rings. The van der Waals surface area contributed by atoms with Crippen LogP contribution in [0, 0.1) is 0 Å². The van der Waals surface area contributed by atoms with Crippen LogP contribution < -0.4 is 15.0 Å². The van der Waals surface area contributed by atoms with E-state index in [1.165, 1.54) is 4.90 Å². The van der Waals surface area contributed by atoms with E-state index in [1.54, 1.807) is 0 Å². The first-order valence-corrected chi connectivity index (χ1v) is 11.2. The number of hydrogen-bond acceptors (Lipinski definition) is 5. The summed E-state index contributed by atoms with van der Waals surface area (Å²) in [4.78, 5) is 29.0. The Morgan fingerprint density at radius 3 is 2.48 bits per heavy atom. The van der Waals surface area contributed by atoms with E-state index in [-0.39, 0.29) is 25.0 Å². The molecular formula is C26H29N3O4. The molecule has 1 aliphatic rings. The Bertz CT molecular complexity index is 1090. The summed E-state index contributed by atoms with van der Waals surface area (Å²) < 4.78 is 11.2. The van der Waals surface area contributed by atoms with E-state index < -0.39 is 0 Å². The van der Waals surface area contributed by atoms with E-state index in [9.17, 15) is 9.59 Å². The van der Waals surface area contributed by atoms with Crippen molar-refractivity contribution in [2.45, 2.75) is 6.92 Å². The van der Waals surface area contributed by atoms with Gasteiger partial charge in [-0.15, -0.1) is 0 Å². The molecule has 33 heavy (non-hydrogen) atoms. The van der Waals surface area contributed by atoms with Crippen LogP contribution in [0.25, 0.3) is 10.8 Å². The van der Waals surface area contributed by atoms with Gasteiger partial charge >= 0.3 is 0 Å². The fraction of sp³-hybridized carbons (Fsp3) is 0.308. The molecule has 7 heteroatoms. The zero-order valence-electron chi connectivity index (χ0n) is 18.8. The molecule has 1 fully saturated rings. The molecule has 0 saturated carbocycles. The van der Waals surface area contributed by atoms with Gasteiger partial charge in [-0.05, 0) is 42.6 Å². The van der Waals surface area contributed by atoms with Crippen molar-refractivity contribution in [2.24, 2.45) is 0 Å². The van der Waals surface area contributed by atoms with Crippen molar-refractivity contribution in [3.8, 4) is 5.75 Å². The molecule has 0 aromatic heterocycles. The highest BCUT2D eigenvalue weighted by Gasteiger charge is 2.17. The predicted octanol–water partition coefficient (Wildman–Crippen LogP) is 3.54. The molecular weight excluding hydrogens is 418 g/mol. The van der Waals surface area contributed by atoms with Gasteiger partial charge < -0.3 is 24.6 Å². The van der Waals surface area contributed by atoms with Crippen LogP contribution in [0.2, 0.25) is 0 Å². The molecule has 0 atom stereocenters. The van der Waals surface area contributed by atoms with Gasteiger partial charge in [-0.2, -0.15) is 0 Å². The normalized spacial score (nSPS) is 13.5. The second-order valence-electron chi connectivity index (χ2n) is 7.87. The molecule has 7 nitrogen and oxygen atoms in total. The van der Waals surface area contributed by atoms with Crippen molar-refractivity contribution in [2.75, 3.05) is 56.2 Å². The third-order valence-electron chi connectivity index (χ3n) is 5.70. The number of fused-ring (bicyclic) bond motifs is 1. The second-order valence-corrected chi connectivity index (χ2v) is 7.87. The standard InChI is InChI=1S/C26H29N3O4/c1-2-28(26(31)19-33-24-9-5-7-20-6-3-4-8-23(20)24)18-25(30)27-21-10-12-22(13-11-21)29-14-16-32-17-15-29/h3-13H,2,14-19H2,1H3,(H,27,30). The average Bonchev–Trinajstić information content (AvgIpc) is 2.86. The predicted molar refractivity (Wildman–Crippen MR) is 130 cm³/mol. The number of hydrogen-bond donors (Lipinski definition) is 1. The molecule has 1 heterocycles. The Labute approximate surface area is 193 Å². The van der Waals surface area contributed by atoms with Crippen molar-refractivity contribution < 1.29 is 19.1 Å².